The zero-order valence-corrected chi connectivity index (χ0v) is 17.1. The van der Waals surface area contributed by atoms with Gasteiger partial charge >= 0.3 is 0 Å². The van der Waals surface area contributed by atoms with E-state index in [1.807, 2.05) is 26.0 Å². The van der Waals surface area contributed by atoms with E-state index >= 15 is 0 Å². The van der Waals surface area contributed by atoms with E-state index in [0.29, 0.717) is 16.8 Å². The van der Waals surface area contributed by atoms with Gasteiger partial charge in [0.05, 0.1) is 17.2 Å². The van der Waals surface area contributed by atoms with Crippen molar-refractivity contribution in [1.82, 2.24) is 10.3 Å². The fourth-order valence-electron chi connectivity index (χ4n) is 3.47. The molecule has 6 nitrogen and oxygen atoms in total. The van der Waals surface area contributed by atoms with Gasteiger partial charge in [-0.2, -0.15) is 0 Å². The van der Waals surface area contributed by atoms with Gasteiger partial charge in [-0.05, 0) is 57.0 Å². The zero-order valence-electron chi connectivity index (χ0n) is 17.1. The normalized spacial score (nSPS) is 14.9. The van der Waals surface area contributed by atoms with Gasteiger partial charge in [0.2, 0.25) is 0 Å². The number of carbonyl (C=O) groups excluding carboxylic acids is 2. The summed E-state index contributed by atoms with van der Waals surface area (Å²) in [7, 11) is 0. The lowest BCUT2D eigenvalue weighted by Crippen LogP contribution is -2.34. The van der Waals surface area contributed by atoms with Crippen LogP contribution in [0.3, 0.4) is 0 Å². The van der Waals surface area contributed by atoms with Crippen molar-refractivity contribution >= 4 is 17.5 Å². The Bertz CT molecular complexity index is 826. The van der Waals surface area contributed by atoms with Crippen molar-refractivity contribution in [2.45, 2.75) is 64.5 Å². The monoisotopic (exact) mass is 395 g/mol. The number of hydrogen-bond acceptors (Lipinski definition) is 4. The van der Waals surface area contributed by atoms with Gasteiger partial charge in [0.1, 0.15) is 5.75 Å². The van der Waals surface area contributed by atoms with Gasteiger partial charge in [0, 0.05) is 24.1 Å². The first-order valence-electron chi connectivity index (χ1n) is 10.4. The fraction of sp³-hybridized carbons (Fsp3) is 0.435. The second-order valence-corrected chi connectivity index (χ2v) is 7.77. The average Bonchev–Trinajstić information content (AvgIpc) is 2.98. The molecule has 0 spiro atoms. The molecular weight excluding hydrogens is 366 g/mol. The fourth-order valence-corrected chi connectivity index (χ4v) is 3.47. The highest BCUT2D eigenvalue weighted by molar-refractivity contribution is 6.05. The van der Waals surface area contributed by atoms with E-state index in [9.17, 15) is 9.59 Å². The SMILES string of the molecule is CC(C)Oc1ccc(NC(=O)c2cncc(C(=O)NC3CCCCCC3)c2)cc1. The first-order chi connectivity index (χ1) is 14.0. The Morgan fingerprint density at radius 3 is 2.21 bits per heavy atom. The lowest BCUT2D eigenvalue weighted by Gasteiger charge is -2.16. The first kappa shape index (κ1) is 20.8. The summed E-state index contributed by atoms with van der Waals surface area (Å²) in [6, 6.07) is 8.98. The standard InChI is InChI=1S/C23H29N3O3/c1-16(2)29-21-11-9-20(10-12-21)26-23(28)18-13-17(14-24-15-18)22(27)25-19-7-5-3-4-6-8-19/h9-16,19H,3-8H2,1-2H3,(H,25,27)(H,26,28). The van der Waals surface area contributed by atoms with Gasteiger partial charge in [-0.3, -0.25) is 14.6 Å². The number of benzene rings is 1. The van der Waals surface area contributed by atoms with Crippen LogP contribution in [0.4, 0.5) is 5.69 Å². The lowest BCUT2D eigenvalue weighted by molar-refractivity contribution is 0.0933. The van der Waals surface area contributed by atoms with Gasteiger partial charge in [0.25, 0.3) is 11.8 Å². The van der Waals surface area contributed by atoms with Crippen LogP contribution in [-0.4, -0.2) is 28.9 Å². The van der Waals surface area contributed by atoms with Crippen molar-refractivity contribution in [3.05, 3.63) is 53.9 Å². The van der Waals surface area contributed by atoms with E-state index in [4.69, 9.17) is 4.74 Å². The molecule has 154 valence electrons. The van der Waals surface area contributed by atoms with Crippen LogP contribution in [0.5, 0.6) is 5.75 Å². The van der Waals surface area contributed by atoms with Crippen molar-refractivity contribution in [2.75, 3.05) is 5.32 Å². The summed E-state index contributed by atoms with van der Waals surface area (Å²) >= 11 is 0. The molecule has 3 rings (SSSR count). The minimum Gasteiger partial charge on any atom is -0.491 e. The number of nitrogens with zero attached hydrogens (tertiary/aromatic N) is 1. The highest BCUT2D eigenvalue weighted by Gasteiger charge is 2.17. The van der Waals surface area contributed by atoms with Crippen molar-refractivity contribution in [2.24, 2.45) is 0 Å². The smallest absolute Gasteiger partial charge is 0.257 e. The Morgan fingerprint density at radius 2 is 1.59 bits per heavy atom. The first-order valence-corrected chi connectivity index (χ1v) is 10.4. The van der Waals surface area contributed by atoms with Crippen LogP contribution in [0, 0.1) is 0 Å². The molecule has 0 unspecified atom stereocenters. The molecule has 0 radical (unpaired) electrons. The van der Waals surface area contributed by atoms with Crippen molar-refractivity contribution in [3.63, 3.8) is 0 Å². The zero-order chi connectivity index (χ0) is 20.6. The summed E-state index contributed by atoms with van der Waals surface area (Å²) < 4.78 is 5.60. The summed E-state index contributed by atoms with van der Waals surface area (Å²) in [5, 5.41) is 5.92. The van der Waals surface area contributed by atoms with E-state index < -0.39 is 0 Å². The van der Waals surface area contributed by atoms with Crippen molar-refractivity contribution in [1.29, 1.82) is 0 Å². The molecule has 29 heavy (non-hydrogen) atoms. The molecule has 1 saturated carbocycles. The number of rotatable bonds is 6. The molecule has 0 bridgehead atoms. The molecule has 1 fully saturated rings. The number of aromatic nitrogens is 1. The van der Waals surface area contributed by atoms with E-state index in [1.165, 1.54) is 25.2 Å². The highest BCUT2D eigenvalue weighted by atomic mass is 16.5. The van der Waals surface area contributed by atoms with Crippen LogP contribution in [0.1, 0.15) is 73.1 Å². The minimum atomic E-state index is -0.306. The molecule has 2 aromatic rings. The predicted molar refractivity (Wildman–Crippen MR) is 113 cm³/mol. The Kier molecular flexibility index (Phi) is 7.22. The Balaban J connectivity index is 1.62. The number of ether oxygens (including phenoxy) is 1. The Labute approximate surface area is 172 Å². The van der Waals surface area contributed by atoms with Gasteiger partial charge in [-0.1, -0.05) is 25.7 Å². The van der Waals surface area contributed by atoms with Crippen LogP contribution in [0.25, 0.3) is 0 Å². The highest BCUT2D eigenvalue weighted by Crippen LogP contribution is 2.19. The van der Waals surface area contributed by atoms with Gasteiger partial charge in [-0.25, -0.2) is 0 Å². The maximum absolute atomic E-state index is 12.6. The number of hydrogen-bond donors (Lipinski definition) is 2. The van der Waals surface area contributed by atoms with Gasteiger partial charge in [0.15, 0.2) is 0 Å². The lowest BCUT2D eigenvalue weighted by atomic mass is 10.1. The summed E-state index contributed by atoms with van der Waals surface area (Å²) in [6.07, 6.45) is 9.83. The minimum absolute atomic E-state index is 0.0911. The van der Waals surface area contributed by atoms with E-state index in [2.05, 4.69) is 15.6 Å². The summed E-state index contributed by atoms with van der Waals surface area (Å²) in [4.78, 5) is 29.2. The van der Waals surface area contributed by atoms with Crippen LogP contribution in [-0.2, 0) is 0 Å². The maximum Gasteiger partial charge on any atom is 0.257 e. The molecule has 6 heteroatoms. The topological polar surface area (TPSA) is 80.3 Å². The molecule has 1 heterocycles. The summed E-state index contributed by atoms with van der Waals surface area (Å²) in [6.45, 7) is 3.92. The number of pyridine rings is 1. The third kappa shape index (κ3) is 6.31. The number of anilines is 1. The number of carbonyl (C=O) groups is 2. The predicted octanol–water partition coefficient (Wildman–Crippen LogP) is 4.57. The van der Waals surface area contributed by atoms with Gasteiger partial charge < -0.3 is 15.4 Å². The van der Waals surface area contributed by atoms with E-state index in [0.717, 1.165) is 31.4 Å². The molecule has 1 aliphatic carbocycles. The van der Waals surface area contributed by atoms with Crippen LogP contribution >= 0.6 is 0 Å². The van der Waals surface area contributed by atoms with E-state index in [1.54, 1.807) is 18.2 Å². The summed E-state index contributed by atoms with van der Waals surface area (Å²) in [5.74, 6) is 0.269. The maximum atomic E-state index is 12.6. The number of amides is 2. The number of nitrogens with one attached hydrogen (secondary N) is 2. The molecule has 0 aliphatic heterocycles. The second kappa shape index (κ2) is 10.0. The quantitative estimate of drug-likeness (QED) is 0.702. The molecule has 0 saturated heterocycles. The molecule has 1 aromatic heterocycles. The molecular formula is C23H29N3O3. The van der Waals surface area contributed by atoms with Crippen LogP contribution < -0.4 is 15.4 Å². The van der Waals surface area contributed by atoms with Crippen molar-refractivity contribution in [3.8, 4) is 5.75 Å². The molecule has 2 N–H and O–H groups in total. The molecule has 0 atom stereocenters. The van der Waals surface area contributed by atoms with Crippen LogP contribution in [0.2, 0.25) is 0 Å². The molecule has 1 aromatic carbocycles. The van der Waals surface area contributed by atoms with Gasteiger partial charge in [-0.15, -0.1) is 0 Å². The Morgan fingerprint density at radius 1 is 0.966 bits per heavy atom. The third-order valence-corrected chi connectivity index (χ3v) is 4.94. The second-order valence-electron chi connectivity index (χ2n) is 7.77. The Hall–Kier alpha value is -2.89. The largest absolute Gasteiger partial charge is 0.491 e. The average molecular weight is 396 g/mol. The molecule has 2 amide bonds. The van der Waals surface area contributed by atoms with Crippen LogP contribution in [0.15, 0.2) is 42.7 Å². The van der Waals surface area contributed by atoms with E-state index in [-0.39, 0.29) is 24.0 Å². The summed E-state index contributed by atoms with van der Waals surface area (Å²) in [5.41, 5.74) is 1.41. The molecule has 1 aliphatic rings. The van der Waals surface area contributed by atoms with Crippen molar-refractivity contribution < 1.29 is 14.3 Å². The third-order valence-electron chi connectivity index (χ3n) is 4.94.